The molecule has 0 aliphatic heterocycles. The van der Waals surface area contributed by atoms with E-state index < -0.39 is 17.9 Å². The number of anilines is 1. The summed E-state index contributed by atoms with van der Waals surface area (Å²) in [6.45, 7) is 0.458. The number of halogens is 1. The van der Waals surface area contributed by atoms with Crippen molar-refractivity contribution >= 4 is 29.3 Å². The smallest absolute Gasteiger partial charge is 0.326 e. The van der Waals surface area contributed by atoms with Gasteiger partial charge in [0, 0.05) is 31.8 Å². The molecule has 0 bridgehead atoms. The average molecular weight is 455 g/mol. The summed E-state index contributed by atoms with van der Waals surface area (Å²) in [6.07, 6.45) is 2.22. The largest absolute Gasteiger partial charge is 0.493 e. The van der Waals surface area contributed by atoms with E-state index >= 15 is 0 Å². The van der Waals surface area contributed by atoms with Gasteiger partial charge in [-0.25, -0.2) is 14.8 Å². The summed E-state index contributed by atoms with van der Waals surface area (Å²) in [4.78, 5) is 32.3. The molecule has 0 saturated heterocycles. The van der Waals surface area contributed by atoms with E-state index in [2.05, 4.69) is 20.6 Å². The summed E-state index contributed by atoms with van der Waals surface area (Å²) >= 11 is 5.92. The molecule has 0 radical (unpaired) electrons. The molecule has 166 valence electrons. The van der Waals surface area contributed by atoms with E-state index in [4.69, 9.17) is 16.3 Å². The fourth-order valence-corrected chi connectivity index (χ4v) is 3.19. The second-order valence-corrected chi connectivity index (χ2v) is 7.27. The van der Waals surface area contributed by atoms with E-state index in [1.807, 2.05) is 25.2 Å². The second-order valence-electron chi connectivity index (χ2n) is 6.92. The van der Waals surface area contributed by atoms with E-state index in [-0.39, 0.29) is 17.1 Å². The summed E-state index contributed by atoms with van der Waals surface area (Å²) < 4.78 is 5.76. The molecule has 9 heteroatoms. The number of nitrogens with zero attached hydrogens (tertiary/aromatic N) is 2. The van der Waals surface area contributed by atoms with Gasteiger partial charge >= 0.3 is 5.97 Å². The van der Waals surface area contributed by atoms with Crippen LogP contribution in [0.4, 0.5) is 5.82 Å². The molecule has 3 N–H and O–H groups in total. The van der Waals surface area contributed by atoms with Crippen molar-refractivity contribution in [2.45, 2.75) is 18.9 Å². The Labute approximate surface area is 190 Å². The molecule has 2 heterocycles. The Hall–Kier alpha value is -3.65. The number of carboxylic acid groups (broad SMARTS) is 1. The van der Waals surface area contributed by atoms with Gasteiger partial charge in [0.15, 0.2) is 0 Å². The van der Waals surface area contributed by atoms with Gasteiger partial charge in [0.05, 0.1) is 12.2 Å². The number of nitrogens with one attached hydrogen (secondary N) is 2. The van der Waals surface area contributed by atoms with Gasteiger partial charge in [0.1, 0.15) is 22.8 Å². The molecule has 3 rings (SSSR count). The molecule has 1 aromatic carbocycles. The van der Waals surface area contributed by atoms with Crippen molar-refractivity contribution in [3.63, 3.8) is 0 Å². The highest BCUT2D eigenvalue weighted by molar-refractivity contribution is 6.32. The van der Waals surface area contributed by atoms with Crippen molar-refractivity contribution < 1.29 is 19.4 Å². The number of carbonyl (C=O) groups excluding carboxylic acids is 1. The standard InChI is InChI=1S/C23H23ClN4O4/c1-25-20-6-2-4-16(27-20)11-13-32-17-9-7-15(8-10-17)14-19(23(30)31)28-22(29)18-5-3-12-26-21(18)24/h2-10,12,19H,11,13-14H2,1H3,(H,25,27)(H,28,29)(H,30,31)/t19-/m0/s1. The Kier molecular flexibility index (Phi) is 7.99. The summed E-state index contributed by atoms with van der Waals surface area (Å²) in [7, 11) is 1.82. The predicted octanol–water partition coefficient (Wildman–Crippen LogP) is 3.22. The first-order chi connectivity index (χ1) is 15.5. The van der Waals surface area contributed by atoms with Crippen LogP contribution < -0.4 is 15.4 Å². The summed E-state index contributed by atoms with van der Waals surface area (Å²) in [5, 5.41) is 15.0. The summed E-state index contributed by atoms with van der Waals surface area (Å²) in [5.74, 6) is -0.268. The lowest BCUT2D eigenvalue weighted by Crippen LogP contribution is -2.42. The van der Waals surface area contributed by atoms with E-state index in [1.165, 1.54) is 12.3 Å². The average Bonchev–Trinajstić information content (AvgIpc) is 2.80. The van der Waals surface area contributed by atoms with Crippen LogP contribution in [-0.4, -0.2) is 46.6 Å². The Morgan fingerprint density at radius 3 is 2.59 bits per heavy atom. The van der Waals surface area contributed by atoms with Crippen molar-refractivity contribution in [3.8, 4) is 5.75 Å². The normalized spacial score (nSPS) is 11.4. The SMILES string of the molecule is CNc1cccc(CCOc2ccc(C[C@H](NC(=O)c3cccnc3Cl)C(=O)O)cc2)n1. The molecule has 0 aliphatic rings. The maximum absolute atomic E-state index is 12.4. The maximum atomic E-state index is 12.4. The van der Waals surface area contributed by atoms with Gasteiger partial charge in [-0.15, -0.1) is 0 Å². The predicted molar refractivity (Wildman–Crippen MR) is 121 cm³/mol. The molecule has 3 aromatic rings. The van der Waals surface area contributed by atoms with Gasteiger partial charge in [-0.2, -0.15) is 0 Å². The number of pyridine rings is 2. The topological polar surface area (TPSA) is 113 Å². The van der Waals surface area contributed by atoms with Crippen molar-refractivity contribution in [3.05, 3.63) is 82.8 Å². The van der Waals surface area contributed by atoms with Crippen LogP contribution in [0.1, 0.15) is 21.6 Å². The third-order valence-corrected chi connectivity index (χ3v) is 4.96. The lowest BCUT2D eigenvalue weighted by atomic mass is 10.1. The van der Waals surface area contributed by atoms with Crippen LogP contribution in [-0.2, 0) is 17.6 Å². The fraction of sp³-hybridized carbons (Fsp3) is 0.217. The molecular weight excluding hydrogens is 432 g/mol. The molecule has 0 spiro atoms. The molecule has 2 aromatic heterocycles. The second kappa shape index (κ2) is 11.1. The monoisotopic (exact) mass is 454 g/mol. The third-order valence-electron chi connectivity index (χ3n) is 4.66. The van der Waals surface area contributed by atoms with Crippen molar-refractivity contribution in [2.75, 3.05) is 19.0 Å². The van der Waals surface area contributed by atoms with E-state index in [0.29, 0.717) is 18.8 Å². The Morgan fingerprint density at radius 1 is 1.12 bits per heavy atom. The Morgan fingerprint density at radius 2 is 1.91 bits per heavy atom. The van der Waals surface area contributed by atoms with Crippen LogP contribution in [0.3, 0.4) is 0 Å². The van der Waals surface area contributed by atoms with Crippen molar-refractivity contribution in [1.82, 2.24) is 15.3 Å². The molecule has 1 atom stereocenters. The first-order valence-corrected chi connectivity index (χ1v) is 10.3. The minimum absolute atomic E-state index is 0.0172. The number of ether oxygens (including phenoxy) is 1. The zero-order chi connectivity index (χ0) is 22.9. The van der Waals surface area contributed by atoms with Crippen molar-refractivity contribution in [2.24, 2.45) is 0 Å². The van der Waals surface area contributed by atoms with Gasteiger partial charge in [-0.05, 0) is 42.0 Å². The van der Waals surface area contributed by atoms with E-state index in [1.54, 1.807) is 30.3 Å². The number of carboxylic acids is 1. The molecule has 0 saturated carbocycles. The first-order valence-electron chi connectivity index (χ1n) is 9.96. The van der Waals surface area contributed by atoms with Crippen molar-refractivity contribution in [1.29, 1.82) is 0 Å². The number of aromatic nitrogens is 2. The van der Waals surface area contributed by atoms with Crippen LogP contribution in [0, 0.1) is 0 Å². The van der Waals surface area contributed by atoms with E-state index in [9.17, 15) is 14.7 Å². The first kappa shape index (κ1) is 23.0. The van der Waals surface area contributed by atoms with Gasteiger partial charge in [-0.3, -0.25) is 4.79 Å². The molecule has 8 nitrogen and oxygen atoms in total. The number of rotatable bonds is 10. The highest BCUT2D eigenvalue weighted by Crippen LogP contribution is 2.16. The quantitative estimate of drug-likeness (QED) is 0.403. The molecule has 0 aliphatic carbocycles. The lowest BCUT2D eigenvalue weighted by Gasteiger charge is -2.15. The lowest BCUT2D eigenvalue weighted by molar-refractivity contribution is -0.139. The van der Waals surface area contributed by atoms with Crippen LogP contribution in [0.2, 0.25) is 5.15 Å². The Balaban J connectivity index is 1.55. The number of amides is 1. The van der Waals surface area contributed by atoms with E-state index in [0.717, 1.165) is 17.1 Å². The van der Waals surface area contributed by atoms with Gasteiger partial charge in [0.2, 0.25) is 0 Å². The molecule has 32 heavy (non-hydrogen) atoms. The van der Waals surface area contributed by atoms with Crippen LogP contribution in [0.5, 0.6) is 5.75 Å². The number of carbonyl (C=O) groups is 2. The van der Waals surface area contributed by atoms with Crippen LogP contribution in [0.25, 0.3) is 0 Å². The number of aliphatic carboxylic acids is 1. The molecular formula is C23H23ClN4O4. The summed E-state index contributed by atoms with van der Waals surface area (Å²) in [6, 6.07) is 14.8. The highest BCUT2D eigenvalue weighted by Gasteiger charge is 2.22. The van der Waals surface area contributed by atoms with Gasteiger partial charge < -0.3 is 20.5 Å². The minimum Gasteiger partial charge on any atom is -0.493 e. The van der Waals surface area contributed by atoms with Gasteiger partial charge in [-0.1, -0.05) is 29.8 Å². The van der Waals surface area contributed by atoms with Crippen LogP contribution >= 0.6 is 11.6 Å². The van der Waals surface area contributed by atoms with Gasteiger partial charge in [0.25, 0.3) is 5.91 Å². The fourth-order valence-electron chi connectivity index (χ4n) is 2.98. The number of benzene rings is 1. The third kappa shape index (κ3) is 6.42. The Bertz CT molecular complexity index is 1080. The highest BCUT2D eigenvalue weighted by atomic mass is 35.5. The number of hydrogen-bond acceptors (Lipinski definition) is 6. The zero-order valence-electron chi connectivity index (χ0n) is 17.4. The minimum atomic E-state index is -1.14. The number of hydrogen-bond donors (Lipinski definition) is 3. The maximum Gasteiger partial charge on any atom is 0.326 e. The molecule has 1 amide bonds. The molecule has 0 fully saturated rings. The van der Waals surface area contributed by atoms with Crippen LogP contribution in [0.15, 0.2) is 60.8 Å². The summed E-state index contributed by atoms with van der Waals surface area (Å²) in [5.41, 5.74) is 1.78. The zero-order valence-corrected chi connectivity index (χ0v) is 18.2. The molecule has 0 unspecified atom stereocenters.